The minimum absolute atomic E-state index is 0.0571. The second kappa shape index (κ2) is 12.6. The minimum atomic E-state index is -1.26. The summed E-state index contributed by atoms with van der Waals surface area (Å²) in [4.78, 5) is 44.4. The summed E-state index contributed by atoms with van der Waals surface area (Å²) in [5.74, 6) is 0.961. The molecule has 5 rings (SSSR count). The SMILES string of the molecule is COc1ccc(C2=NN(C3CCN(C(=O)[C@H](Cc4ccccn4)NC(=O)O)CC3)C(=O)[C@@H]3CCCC[C@H]23)cc1OC. The van der Waals surface area contributed by atoms with Gasteiger partial charge in [0.2, 0.25) is 11.8 Å². The van der Waals surface area contributed by atoms with Crippen LogP contribution >= 0.6 is 0 Å². The molecular formula is C30H37N5O6. The molecule has 1 aromatic carbocycles. The van der Waals surface area contributed by atoms with Crippen LogP contribution in [0.25, 0.3) is 0 Å². The fourth-order valence-electron chi connectivity index (χ4n) is 6.32. The molecule has 2 N–H and O–H groups in total. The second-order valence-corrected chi connectivity index (χ2v) is 10.8. The van der Waals surface area contributed by atoms with Crippen LogP contribution in [0.5, 0.6) is 11.5 Å². The predicted octanol–water partition coefficient (Wildman–Crippen LogP) is 3.32. The highest BCUT2D eigenvalue weighted by molar-refractivity contribution is 6.07. The normalized spacial score (nSPS) is 21.9. The Kier molecular flexibility index (Phi) is 8.70. The van der Waals surface area contributed by atoms with Crippen molar-refractivity contribution in [2.24, 2.45) is 16.9 Å². The van der Waals surface area contributed by atoms with Crippen LogP contribution in [0.15, 0.2) is 47.7 Å². The molecule has 1 aromatic heterocycles. The molecule has 3 atom stereocenters. The molecule has 3 heterocycles. The number of amides is 3. The fraction of sp³-hybridized carbons (Fsp3) is 0.500. The number of rotatable bonds is 8. The third-order valence-electron chi connectivity index (χ3n) is 8.41. The Labute approximate surface area is 239 Å². The van der Waals surface area contributed by atoms with Gasteiger partial charge in [-0.05, 0) is 56.0 Å². The lowest BCUT2D eigenvalue weighted by Gasteiger charge is -2.43. The van der Waals surface area contributed by atoms with Gasteiger partial charge in [-0.15, -0.1) is 0 Å². The molecule has 218 valence electrons. The van der Waals surface area contributed by atoms with Crippen LogP contribution in [-0.2, 0) is 16.0 Å². The molecule has 11 heteroatoms. The molecule has 0 radical (unpaired) electrons. The van der Waals surface area contributed by atoms with E-state index in [2.05, 4.69) is 10.3 Å². The Hall–Kier alpha value is -4.15. The van der Waals surface area contributed by atoms with E-state index in [9.17, 15) is 19.5 Å². The maximum atomic E-state index is 13.7. The molecule has 0 bridgehead atoms. The first-order valence-corrected chi connectivity index (χ1v) is 14.2. The molecule has 1 aliphatic carbocycles. The lowest BCUT2D eigenvalue weighted by atomic mass is 9.73. The van der Waals surface area contributed by atoms with Crippen molar-refractivity contribution in [3.63, 3.8) is 0 Å². The van der Waals surface area contributed by atoms with E-state index in [4.69, 9.17) is 14.6 Å². The summed E-state index contributed by atoms with van der Waals surface area (Å²) in [7, 11) is 3.20. The number of piperidine rings is 1. The van der Waals surface area contributed by atoms with Gasteiger partial charge in [-0.25, -0.2) is 9.80 Å². The number of fused-ring (bicyclic) bond motifs is 1. The van der Waals surface area contributed by atoms with Gasteiger partial charge in [0, 0.05) is 48.8 Å². The van der Waals surface area contributed by atoms with Gasteiger partial charge >= 0.3 is 6.09 Å². The summed E-state index contributed by atoms with van der Waals surface area (Å²) in [6.07, 6.45) is 5.46. The number of benzene rings is 1. The number of carboxylic acid groups (broad SMARTS) is 1. The highest BCUT2D eigenvalue weighted by atomic mass is 16.5. The number of ether oxygens (including phenoxy) is 2. The Morgan fingerprint density at radius 1 is 1.02 bits per heavy atom. The number of aromatic nitrogens is 1. The molecule has 2 aromatic rings. The van der Waals surface area contributed by atoms with Crippen LogP contribution in [0.2, 0.25) is 0 Å². The number of methoxy groups -OCH3 is 2. The first kappa shape index (κ1) is 28.4. The average Bonchev–Trinajstić information content (AvgIpc) is 3.01. The van der Waals surface area contributed by atoms with Crippen molar-refractivity contribution in [1.29, 1.82) is 0 Å². The topological polar surface area (TPSA) is 134 Å². The van der Waals surface area contributed by atoms with Crippen LogP contribution in [-0.4, -0.2) is 83.0 Å². The molecule has 1 saturated heterocycles. The van der Waals surface area contributed by atoms with Gasteiger partial charge < -0.3 is 24.8 Å². The quantitative estimate of drug-likeness (QED) is 0.503. The Morgan fingerprint density at radius 2 is 1.76 bits per heavy atom. The number of pyridine rings is 1. The lowest BCUT2D eigenvalue weighted by molar-refractivity contribution is -0.143. The van der Waals surface area contributed by atoms with Crippen LogP contribution < -0.4 is 14.8 Å². The lowest BCUT2D eigenvalue weighted by Crippen LogP contribution is -2.55. The zero-order chi connectivity index (χ0) is 28.9. The van der Waals surface area contributed by atoms with E-state index in [-0.39, 0.29) is 36.1 Å². The predicted molar refractivity (Wildman–Crippen MR) is 151 cm³/mol. The van der Waals surface area contributed by atoms with Gasteiger partial charge in [-0.3, -0.25) is 14.6 Å². The van der Waals surface area contributed by atoms with Crippen LogP contribution in [0, 0.1) is 11.8 Å². The van der Waals surface area contributed by atoms with Gasteiger partial charge in [0.05, 0.1) is 26.0 Å². The van der Waals surface area contributed by atoms with E-state index in [1.54, 1.807) is 48.5 Å². The standard InChI is InChI=1S/C30H37N5O6/c1-40-25-11-10-19(17-26(25)41-2)27-22-8-3-4-9-23(22)28(36)35(33-27)21-12-15-34(16-13-21)29(37)24(32-30(38)39)18-20-7-5-6-14-31-20/h5-7,10-11,14,17,21-24,32H,3-4,8-9,12-13,15-16,18H2,1-2H3,(H,38,39)/t22-,23+,24-/m0/s1. The number of carbonyl (C=O) groups excluding carboxylic acids is 2. The smallest absolute Gasteiger partial charge is 0.405 e. The van der Waals surface area contributed by atoms with E-state index in [1.807, 2.05) is 18.2 Å². The number of carbonyl (C=O) groups is 3. The van der Waals surface area contributed by atoms with E-state index in [1.165, 1.54) is 0 Å². The van der Waals surface area contributed by atoms with E-state index < -0.39 is 12.1 Å². The van der Waals surface area contributed by atoms with Crippen molar-refractivity contribution in [3.8, 4) is 11.5 Å². The Bertz CT molecular complexity index is 1290. The maximum absolute atomic E-state index is 13.7. The molecule has 3 aliphatic rings. The number of nitrogens with zero attached hydrogens (tertiary/aromatic N) is 4. The Balaban J connectivity index is 1.34. The fourth-order valence-corrected chi connectivity index (χ4v) is 6.32. The van der Waals surface area contributed by atoms with Crippen LogP contribution in [0.1, 0.15) is 49.8 Å². The molecular weight excluding hydrogens is 526 g/mol. The van der Waals surface area contributed by atoms with Gasteiger partial charge in [-0.2, -0.15) is 5.10 Å². The van der Waals surface area contributed by atoms with Gasteiger partial charge in [0.25, 0.3) is 0 Å². The van der Waals surface area contributed by atoms with E-state index in [0.29, 0.717) is 43.1 Å². The number of hydrazone groups is 1. The van der Waals surface area contributed by atoms with Crippen molar-refractivity contribution in [3.05, 3.63) is 53.9 Å². The molecule has 41 heavy (non-hydrogen) atoms. The summed E-state index contributed by atoms with van der Waals surface area (Å²) in [6.45, 7) is 0.811. The van der Waals surface area contributed by atoms with E-state index >= 15 is 0 Å². The highest BCUT2D eigenvalue weighted by Gasteiger charge is 2.44. The monoisotopic (exact) mass is 563 g/mol. The van der Waals surface area contributed by atoms with Crippen molar-refractivity contribution in [2.75, 3.05) is 27.3 Å². The van der Waals surface area contributed by atoms with Gasteiger partial charge in [0.15, 0.2) is 11.5 Å². The average molecular weight is 564 g/mol. The summed E-state index contributed by atoms with van der Waals surface area (Å²) in [6, 6.07) is 10.0. The molecule has 2 aliphatic heterocycles. The second-order valence-electron chi connectivity index (χ2n) is 10.8. The summed E-state index contributed by atoms with van der Waals surface area (Å²) < 4.78 is 11.0. The van der Waals surface area contributed by atoms with Crippen molar-refractivity contribution < 1.29 is 29.0 Å². The van der Waals surface area contributed by atoms with Crippen molar-refractivity contribution in [2.45, 2.75) is 57.0 Å². The summed E-state index contributed by atoms with van der Waals surface area (Å²) in [5.41, 5.74) is 2.45. The van der Waals surface area contributed by atoms with Crippen LogP contribution in [0.4, 0.5) is 4.79 Å². The van der Waals surface area contributed by atoms with Crippen molar-refractivity contribution >= 4 is 23.6 Å². The largest absolute Gasteiger partial charge is 0.493 e. The molecule has 0 unspecified atom stereocenters. The summed E-state index contributed by atoms with van der Waals surface area (Å²) in [5, 5.41) is 18.4. The first-order valence-electron chi connectivity index (χ1n) is 14.2. The molecule has 3 amide bonds. The number of likely N-dealkylation sites (tertiary alicyclic amines) is 1. The summed E-state index contributed by atoms with van der Waals surface area (Å²) >= 11 is 0. The van der Waals surface area contributed by atoms with Crippen LogP contribution in [0.3, 0.4) is 0 Å². The zero-order valence-electron chi connectivity index (χ0n) is 23.5. The molecule has 11 nitrogen and oxygen atoms in total. The molecule has 2 fully saturated rings. The third kappa shape index (κ3) is 6.13. The Morgan fingerprint density at radius 3 is 2.41 bits per heavy atom. The highest BCUT2D eigenvalue weighted by Crippen LogP contribution is 2.40. The maximum Gasteiger partial charge on any atom is 0.405 e. The van der Waals surface area contributed by atoms with Gasteiger partial charge in [0.1, 0.15) is 6.04 Å². The molecule has 1 saturated carbocycles. The first-order chi connectivity index (χ1) is 19.9. The van der Waals surface area contributed by atoms with E-state index in [0.717, 1.165) is 37.0 Å². The molecule has 0 spiro atoms. The van der Waals surface area contributed by atoms with Gasteiger partial charge in [-0.1, -0.05) is 18.9 Å². The number of hydrogen-bond donors (Lipinski definition) is 2. The number of hydrogen-bond acceptors (Lipinski definition) is 7. The van der Waals surface area contributed by atoms with Crippen molar-refractivity contribution in [1.82, 2.24) is 20.2 Å². The third-order valence-corrected chi connectivity index (χ3v) is 8.41. The number of nitrogens with one attached hydrogen (secondary N) is 1. The minimum Gasteiger partial charge on any atom is -0.493 e. The zero-order valence-corrected chi connectivity index (χ0v) is 23.5.